The Kier molecular flexibility index (Phi) is 2.22. The van der Waals surface area contributed by atoms with Gasteiger partial charge in [-0.05, 0) is 12.1 Å². The molecule has 0 fully saturated rings. The van der Waals surface area contributed by atoms with Crippen molar-refractivity contribution in [3.63, 3.8) is 0 Å². The van der Waals surface area contributed by atoms with Crippen molar-refractivity contribution in [2.24, 2.45) is 0 Å². The molecule has 0 spiro atoms. The summed E-state index contributed by atoms with van der Waals surface area (Å²) in [4.78, 5) is 8.47. The summed E-state index contributed by atoms with van der Waals surface area (Å²) in [6.45, 7) is 0. The maximum atomic E-state index is 9.98. The molecule has 1 N–H and O–H groups in total. The highest BCUT2D eigenvalue weighted by molar-refractivity contribution is 5.83. The zero-order valence-electron chi connectivity index (χ0n) is 9.04. The zero-order chi connectivity index (χ0) is 11.7. The van der Waals surface area contributed by atoms with Crippen LogP contribution in [0.1, 0.15) is 0 Å². The van der Waals surface area contributed by atoms with Gasteiger partial charge in [-0.15, -0.1) is 0 Å². The summed E-state index contributed by atoms with van der Waals surface area (Å²) in [7, 11) is 0. The van der Waals surface area contributed by atoms with Gasteiger partial charge in [-0.25, -0.2) is 4.98 Å². The number of pyridine rings is 2. The van der Waals surface area contributed by atoms with Gasteiger partial charge in [0, 0.05) is 17.1 Å². The van der Waals surface area contributed by atoms with Gasteiger partial charge in [0.05, 0.1) is 11.7 Å². The second-order valence-corrected chi connectivity index (χ2v) is 3.79. The van der Waals surface area contributed by atoms with Crippen molar-refractivity contribution >= 4 is 10.9 Å². The van der Waals surface area contributed by atoms with Gasteiger partial charge in [-0.2, -0.15) is 0 Å². The largest absolute Gasteiger partial charge is 0.506 e. The van der Waals surface area contributed by atoms with Crippen molar-refractivity contribution in [3.8, 4) is 17.0 Å². The Morgan fingerprint density at radius 3 is 2.65 bits per heavy atom. The highest BCUT2D eigenvalue weighted by Gasteiger charge is 2.07. The first-order valence-corrected chi connectivity index (χ1v) is 5.34. The third-order valence-electron chi connectivity index (χ3n) is 2.65. The van der Waals surface area contributed by atoms with E-state index in [1.165, 1.54) is 0 Å². The average Bonchev–Trinajstić information content (AvgIpc) is 2.39. The summed E-state index contributed by atoms with van der Waals surface area (Å²) in [6.07, 6.45) is 3.38. The summed E-state index contributed by atoms with van der Waals surface area (Å²) in [5.74, 6) is 0.190. The lowest BCUT2D eigenvalue weighted by Gasteiger charge is -2.05. The lowest BCUT2D eigenvalue weighted by molar-refractivity contribution is 0.476. The van der Waals surface area contributed by atoms with Gasteiger partial charge in [0.2, 0.25) is 0 Å². The molecule has 0 aliphatic carbocycles. The zero-order valence-corrected chi connectivity index (χ0v) is 9.04. The Balaban J connectivity index is 2.27. The lowest BCUT2D eigenvalue weighted by atomic mass is 10.1. The minimum Gasteiger partial charge on any atom is -0.506 e. The van der Waals surface area contributed by atoms with E-state index in [1.54, 1.807) is 18.5 Å². The van der Waals surface area contributed by atoms with Crippen LogP contribution in [0.2, 0.25) is 0 Å². The van der Waals surface area contributed by atoms with Crippen LogP contribution in [0.25, 0.3) is 22.2 Å². The number of hydrogen-bond donors (Lipinski definition) is 1. The standard InChI is InChI=1S/C14H10N2O/c17-13-8-11-6-7-15-9-12(11)16-14(13)10-4-2-1-3-5-10/h1-9,17H. The predicted octanol–water partition coefficient (Wildman–Crippen LogP) is 3.00. The molecule has 2 aromatic heterocycles. The molecule has 3 rings (SSSR count). The summed E-state index contributed by atoms with van der Waals surface area (Å²) in [5.41, 5.74) is 2.27. The molecule has 2 heterocycles. The molecule has 17 heavy (non-hydrogen) atoms. The molecule has 82 valence electrons. The summed E-state index contributed by atoms with van der Waals surface area (Å²) < 4.78 is 0. The van der Waals surface area contributed by atoms with Gasteiger partial charge in [0.15, 0.2) is 0 Å². The maximum absolute atomic E-state index is 9.98. The quantitative estimate of drug-likeness (QED) is 0.688. The summed E-state index contributed by atoms with van der Waals surface area (Å²) in [5, 5.41) is 10.9. The van der Waals surface area contributed by atoms with Crippen molar-refractivity contribution in [3.05, 3.63) is 54.9 Å². The number of hydrogen-bond acceptors (Lipinski definition) is 3. The van der Waals surface area contributed by atoms with Crippen molar-refractivity contribution in [2.45, 2.75) is 0 Å². The summed E-state index contributed by atoms with van der Waals surface area (Å²) >= 11 is 0. The Morgan fingerprint density at radius 2 is 1.82 bits per heavy atom. The molecule has 1 aromatic carbocycles. The molecule has 0 amide bonds. The maximum Gasteiger partial charge on any atom is 0.142 e. The third kappa shape index (κ3) is 1.72. The van der Waals surface area contributed by atoms with E-state index >= 15 is 0 Å². The molecule has 0 aliphatic heterocycles. The molecular weight excluding hydrogens is 212 g/mol. The number of fused-ring (bicyclic) bond motifs is 1. The Bertz CT molecular complexity index is 665. The second kappa shape index (κ2) is 3.87. The second-order valence-electron chi connectivity index (χ2n) is 3.79. The van der Waals surface area contributed by atoms with E-state index in [2.05, 4.69) is 9.97 Å². The van der Waals surface area contributed by atoms with Gasteiger partial charge in [0.1, 0.15) is 11.4 Å². The van der Waals surface area contributed by atoms with E-state index in [0.717, 1.165) is 16.5 Å². The fourth-order valence-electron chi connectivity index (χ4n) is 1.81. The van der Waals surface area contributed by atoms with Crippen LogP contribution in [0, 0.1) is 0 Å². The van der Waals surface area contributed by atoms with E-state index in [0.29, 0.717) is 5.69 Å². The van der Waals surface area contributed by atoms with Gasteiger partial charge in [-0.1, -0.05) is 30.3 Å². The fourth-order valence-corrected chi connectivity index (χ4v) is 1.81. The number of benzene rings is 1. The molecular formula is C14H10N2O. The lowest BCUT2D eigenvalue weighted by Crippen LogP contribution is -1.87. The van der Waals surface area contributed by atoms with Crippen LogP contribution in [-0.2, 0) is 0 Å². The third-order valence-corrected chi connectivity index (χ3v) is 2.65. The van der Waals surface area contributed by atoms with Crippen LogP contribution >= 0.6 is 0 Å². The van der Waals surface area contributed by atoms with Crippen molar-refractivity contribution in [1.29, 1.82) is 0 Å². The van der Waals surface area contributed by atoms with E-state index < -0.39 is 0 Å². The molecule has 0 unspecified atom stereocenters. The number of aromatic hydroxyl groups is 1. The Labute approximate surface area is 98.4 Å². The predicted molar refractivity (Wildman–Crippen MR) is 66.6 cm³/mol. The average molecular weight is 222 g/mol. The number of nitrogens with zero attached hydrogens (tertiary/aromatic N) is 2. The van der Waals surface area contributed by atoms with Crippen LogP contribution in [0.4, 0.5) is 0 Å². The highest BCUT2D eigenvalue weighted by Crippen LogP contribution is 2.29. The van der Waals surface area contributed by atoms with E-state index in [9.17, 15) is 5.11 Å². The molecule has 3 aromatic rings. The van der Waals surface area contributed by atoms with E-state index in [-0.39, 0.29) is 5.75 Å². The topological polar surface area (TPSA) is 46.0 Å². The Hall–Kier alpha value is -2.42. The van der Waals surface area contributed by atoms with Crippen LogP contribution in [0.15, 0.2) is 54.9 Å². The van der Waals surface area contributed by atoms with Crippen LogP contribution in [0.5, 0.6) is 5.75 Å². The monoisotopic (exact) mass is 222 g/mol. The molecule has 3 heteroatoms. The molecule has 0 saturated heterocycles. The molecule has 0 atom stereocenters. The van der Waals surface area contributed by atoms with Crippen LogP contribution in [-0.4, -0.2) is 15.1 Å². The minimum atomic E-state index is 0.190. The van der Waals surface area contributed by atoms with Gasteiger partial charge < -0.3 is 5.11 Å². The normalized spacial score (nSPS) is 10.6. The molecule has 0 aliphatic rings. The van der Waals surface area contributed by atoms with Gasteiger partial charge in [-0.3, -0.25) is 4.98 Å². The van der Waals surface area contributed by atoms with E-state index in [4.69, 9.17) is 0 Å². The van der Waals surface area contributed by atoms with Crippen LogP contribution < -0.4 is 0 Å². The van der Waals surface area contributed by atoms with E-state index in [1.807, 2.05) is 36.4 Å². The first kappa shape index (κ1) is 9.78. The van der Waals surface area contributed by atoms with Crippen molar-refractivity contribution in [1.82, 2.24) is 9.97 Å². The molecule has 0 radical (unpaired) electrons. The van der Waals surface area contributed by atoms with Crippen molar-refractivity contribution in [2.75, 3.05) is 0 Å². The van der Waals surface area contributed by atoms with Crippen LogP contribution in [0.3, 0.4) is 0 Å². The summed E-state index contributed by atoms with van der Waals surface area (Å²) in [6, 6.07) is 13.2. The first-order chi connectivity index (χ1) is 8.34. The fraction of sp³-hybridized carbons (Fsp3) is 0. The SMILES string of the molecule is Oc1cc2ccncc2nc1-c1ccccc1. The molecule has 0 bridgehead atoms. The number of aromatic nitrogens is 2. The van der Waals surface area contributed by atoms with Crippen molar-refractivity contribution < 1.29 is 5.11 Å². The minimum absolute atomic E-state index is 0.190. The number of rotatable bonds is 1. The van der Waals surface area contributed by atoms with Gasteiger partial charge in [0.25, 0.3) is 0 Å². The molecule has 3 nitrogen and oxygen atoms in total. The molecule has 0 saturated carbocycles. The smallest absolute Gasteiger partial charge is 0.142 e. The Morgan fingerprint density at radius 1 is 1.00 bits per heavy atom. The highest BCUT2D eigenvalue weighted by atomic mass is 16.3. The first-order valence-electron chi connectivity index (χ1n) is 5.34. The van der Waals surface area contributed by atoms with Gasteiger partial charge >= 0.3 is 0 Å².